The molecule has 1 saturated carbocycles. The quantitative estimate of drug-likeness (QED) is 0.823. The maximum Gasteiger partial charge on any atom is 0.244 e. The van der Waals surface area contributed by atoms with Crippen LogP contribution in [0.3, 0.4) is 0 Å². The van der Waals surface area contributed by atoms with Gasteiger partial charge in [-0.15, -0.1) is 0 Å². The first-order valence-corrected chi connectivity index (χ1v) is 7.31. The molecule has 2 atom stereocenters. The molecule has 0 radical (unpaired) electrons. The Kier molecular flexibility index (Phi) is 3.34. The summed E-state index contributed by atoms with van der Waals surface area (Å²) in [4.78, 5) is -0.0185. The molecule has 0 amide bonds. The van der Waals surface area contributed by atoms with E-state index in [9.17, 15) is 8.42 Å². The predicted molar refractivity (Wildman–Crippen MR) is 68.3 cm³/mol. The fourth-order valence-electron chi connectivity index (χ4n) is 1.78. The summed E-state index contributed by atoms with van der Waals surface area (Å²) in [5.74, 6) is 1.04. The lowest BCUT2D eigenvalue weighted by molar-refractivity contribution is 0.575. The Morgan fingerprint density at radius 1 is 1.53 bits per heavy atom. The summed E-state index contributed by atoms with van der Waals surface area (Å²) >= 11 is 5.87. The van der Waals surface area contributed by atoms with Crippen LogP contribution in [-0.2, 0) is 10.0 Å². The third-order valence-electron chi connectivity index (χ3n) is 3.08. The van der Waals surface area contributed by atoms with Crippen molar-refractivity contribution in [2.45, 2.75) is 18.2 Å². The third-order valence-corrected chi connectivity index (χ3v) is 5.04. The second-order valence-corrected chi connectivity index (χ2v) is 6.59. The van der Waals surface area contributed by atoms with Crippen LogP contribution in [0.25, 0.3) is 0 Å². The van der Waals surface area contributed by atoms with E-state index in [0.717, 1.165) is 6.42 Å². The Labute approximate surface area is 106 Å². The van der Waals surface area contributed by atoms with Gasteiger partial charge in [0.2, 0.25) is 10.0 Å². The number of hydrogen-bond donors (Lipinski definition) is 2. The van der Waals surface area contributed by atoms with Crippen LogP contribution in [0.2, 0.25) is 5.02 Å². The molecular formula is C11H15ClN2O2S. The molecule has 1 aromatic rings. The van der Waals surface area contributed by atoms with Gasteiger partial charge in [0.25, 0.3) is 0 Å². The van der Waals surface area contributed by atoms with E-state index in [1.165, 1.54) is 12.1 Å². The second kappa shape index (κ2) is 4.48. The van der Waals surface area contributed by atoms with Gasteiger partial charge in [-0.1, -0.05) is 24.6 Å². The van der Waals surface area contributed by atoms with Crippen molar-refractivity contribution in [2.75, 3.05) is 12.3 Å². The number of sulfonamides is 1. The zero-order chi connectivity index (χ0) is 12.6. The molecule has 0 heterocycles. The maximum atomic E-state index is 12.0. The molecule has 1 fully saturated rings. The van der Waals surface area contributed by atoms with Crippen LogP contribution in [0.5, 0.6) is 0 Å². The number of hydrogen-bond acceptors (Lipinski definition) is 3. The van der Waals surface area contributed by atoms with Crippen molar-refractivity contribution in [3.8, 4) is 0 Å². The fourth-order valence-corrected chi connectivity index (χ4v) is 3.55. The smallest absolute Gasteiger partial charge is 0.244 e. The number of nitrogen functional groups attached to an aromatic ring is 1. The molecule has 17 heavy (non-hydrogen) atoms. The third kappa shape index (κ3) is 2.73. The monoisotopic (exact) mass is 274 g/mol. The van der Waals surface area contributed by atoms with E-state index in [1.807, 2.05) is 0 Å². The van der Waals surface area contributed by atoms with Crippen molar-refractivity contribution in [1.82, 2.24) is 4.72 Å². The summed E-state index contributed by atoms with van der Waals surface area (Å²) in [5.41, 5.74) is 5.83. The first-order valence-electron chi connectivity index (χ1n) is 5.45. The molecule has 6 heteroatoms. The summed E-state index contributed by atoms with van der Waals surface area (Å²) < 4.78 is 26.6. The van der Waals surface area contributed by atoms with Gasteiger partial charge in [-0.3, -0.25) is 0 Å². The zero-order valence-electron chi connectivity index (χ0n) is 9.48. The zero-order valence-corrected chi connectivity index (χ0v) is 11.1. The lowest BCUT2D eigenvalue weighted by atomic mass is 10.3. The molecule has 1 aromatic carbocycles. The largest absolute Gasteiger partial charge is 0.398 e. The van der Waals surface area contributed by atoms with Crippen molar-refractivity contribution in [3.63, 3.8) is 0 Å². The Morgan fingerprint density at radius 2 is 2.18 bits per heavy atom. The molecule has 0 bridgehead atoms. The van der Waals surface area contributed by atoms with E-state index in [2.05, 4.69) is 11.6 Å². The summed E-state index contributed by atoms with van der Waals surface area (Å²) in [5, 5.41) is 0.154. The minimum Gasteiger partial charge on any atom is -0.398 e. The predicted octanol–water partition coefficient (Wildman–Crippen LogP) is 1.86. The van der Waals surface area contributed by atoms with Gasteiger partial charge in [0.15, 0.2) is 0 Å². The van der Waals surface area contributed by atoms with Crippen LogP contribution in [0, 0.1) is 11.8 Å². The number of benzene rings is 1. The van der Waals surface area contributed by atoms with Gasteiger partial charge >= 0.3 is 0 Å². The first kappa shape index (κ1) is 12.7. The Hall–Kier alpha value is -0.780. The number of anilines is 1. The van der Waals surface area contributed by atoms with Crippen molar-refractivity contribution >= 4 is 27.3 Å². The standard InChI is InChI=1S/C11H15ClN2O2S/c1-7-5-8(7)6-14-17(15,16)11-9(12)3-2-4-10(11)13/h2-4,7-8,14H,5-6,13H2,1H3. The van der Waals surface area contributed by atoms with Crippen LogP contribution in [0.15, 0.2) is 23.1 Å². The van der Waals surface area contributed by atoms with Gasteiger partial charge in [-0.05, 0) is 30.4 Å². The topological polar surface area (TPSA) is 72.2 Å². The van der Waals surface area contributed by atoms with Gasteiger partial charge in [-0.25, -0.2) is 13.1 Å². The number of halogens is 1. The molecule has 0 spiro atoms. The minimum absolute atomic E-state index is 0.0185. The summed E-state index contributed by atoms with van der Waals surface area (Å²) in [6, 6.07) is 4.67. The Morgan fingerprint density at radius 3 is 2.71 bits per heavy atom. The highest BCUT2D eigenvalue weighted by atomic mass is 35.5. The molecule has 2 rings (SSSR count). The van der Waals surface area contributed by atoms with Crippen molar-refractivity contribution < 1.29 is 8.42 Å². The van der Waals surface area contributed by atoms with Crippen molar-refractivity contribution in [1.29, 1.82) is 0 Å². The second-order valence-electron chi connectivity index (χ2n) is 4.48. The van der Waals surface area contributed by atoms with E-state index < -0.39 is 10.0 Å². The first-order chi connectivity index (χ1) is 7.92. The highest BCUT2D eigenvalue weighted by molar-refractivity contribution is 7.89. The van der Waals surface area contributed by atoms with Crippen LogP contribution in [0.4, 0.5) is 5.69 Å². The molecule has 3 N–H and O–H groups in total. The number of rotatable bonds is 4. The van der Waals surface area contributed by atoms with Gasteiger partial charge in [-0.2, -0.15) is 0 Å². The highest BCUT2D eigenvalue weighted by Crippen LogP contribution is 2.37. The molecule has 1 aliphatic carbocycles. The number of nitrogens with one attached hydrogen (secondary N) is 1. The SMILES string of the molecule is CC1CC1CNS(=O)(=O)c1c(N)cccc1Cl. The van der Waals surface area contributed by atoms with Gasteiger partial charge in [0.1, 0.15) is 4.90 Å². The molecule has 0 saturated heterocycles. The van der Waals surface area contributed by atoms with E-state index in [1.54, 1.807) is 6.07 Å². The minimum atomic E-state index is -3.61. The Balaban J connectivity index is 2.19. The van der Waals surface area contributed by atoms with Crippen LogP contribution in [0.1, 0.15) is 13.3 Å². The molecular weight excluding hydrogens is 260 g/mol. The van der Waals surface area contributed by atoms with E-state index in [0.29, 0.717) is 18.4 Å². The van der Waals surface area contributed by atoms with Crippen molar-refractivity contribution in [3.05, 3.63) is 23.2 Å². The normalized spacial score (nSPS) is 23.6. The molecule has 2 unspecified atom stereocenters. The summed E-state index contributed by atoms with van der Waals surface area (Å²) in [6.07, 6.45) is 1.07. The molecule has 1 aliphatic rings. The van der Waals surface area contributed by atoms with Gasteiger partial charge in [0.05, 0.1) is 10.7 Å². The summed E-state index contributed by atoms with van der Waals surface area (Å²) in [6.45, 7) is 2.55. The molecule has 4 nitrogen and oxygen atoms in total. The van der Waals surface area contributed by atoms with Crippen LogP contribution < -0.4 is 10.5 Å². The molecule has 94 valence electrons. The van der Waals surface area contributed by atoms with Crippen LogP contribution >= 0.6 is 11.6 Å². The van der Waals surface area contributed by atoms with Crippen molar-refractivity contribution in [2.24, 2.45) is 11.8 Å². The summed E-state index contributed by atoms with van der Waals surface area (Å²) in [7, 11) is -3.61. The molecule has 0 aromatic heterocycles. The van der Waals surface area contributed by atoms with Gasteiger partial charge in [0, 0.05) is 6.54 Å². The maximum absolute atomic E-state index is 12.0. The molecule has 0 aliphatic heterocycles. The average molecular weight is 275 g/mol. The average Bonchev–Trinajstić information content (AvgIpc) is 2.91. The fraction of sp³-hybridized carbons (Fsp3) is 0.455. The van der Waals surface area contributed by atoms with E-state index in [4.69, 9.17) is 17.3 Å². The van der Waals surface area contributed by atoms with E-state index >= 15 is 0 Å². The van der Waals surface area contributed by atoms with Gasteiger partial charge < -0.3 is 5.73 Å². The van der Waals surface area contributed by atoms with Crippen LogP contribution in [-0.4, -0.2) is 15.0 Å². The lowest BCUT2D eigenvalue weighted by Crippen LogP contribution is -2.27. The Bertz CT molecular complexity index is 510. The highest BCUT2D eigenvalue weighted by Gasteiger charge is 2.34. The van der Waals surface area contributed by atoms with E-state index in [-0.39, 0.29) is 15.6 Å². The number of nitrogens with two attached hydrogens (primary N) is 1. The lowest BCUT2D eigenvalue weighted by Gasteiger charge is -2.10.